The molecule has 4 rings (SSSR count). The van der Waals surface area contributed by atoms with Crippen molar-refractivity contribution in [3.63, 3.8) is 0 Å². The summed E-state index contributed by atoms with van der Waals surface area (Å²) in [6.07, 6.45) is -5.88. The molecule has 0 aromatic heterocycles. The van der Waals surface area contributed by atoms with E-state index in [1.165, 1.54) is 17.7 Å². The summed E-state index contributed by atoms with van der Waals surface area (Å²) < 4.78 is 131. The molecule has 2 nitrogen and oxygen atoms in total. The van der Waals surface area contributed by atoms with Gasteiger partial charge >= 0.3 is 12.5 Å². The predicted octanol–water partition coefficient (Wildman–Crippen LogP) is 10.1. The highest BCUT2D eigenvalue weighted by Crippen LogP contribution is 2.39. The Labute approximate surface area is 247 Å². The first-order valence-electron chi connectivity index (χ1n) is 13.3. The molecule has 0 fully saturated rings. The molecule has 0 aliphatic rings. The lowest BCUT2D eigenvalue weighted by molar-refractivity contribution is -0.276. The number of unbranched alkanes of at least 4 members (excludes halogenated alkanes) is 2. The number of benzene rings is 4. The quantitative estimate of drug-likeness (QED) is 0.105. The number of hydrogen-bond donors (Lipinski definition) is 0. The highest BCUT2D eigenvalue weighted by molar-refractivity contribution is 5.65. The molecule has 0 atom stereocenters. The van der Waals surface area contributed by atoms with Crippen LogP contribution in [0.1, 0.15) is 48.4 Å². The van der Waals surface area contributed by atoms with Crippen molar-refractivity contribution in [1.82, 2.24) is 0 Å². The van der Waals surface area contributed by atoms with Gasteiger partial charge in [-0.2, -0.15) is 8.78 Å². The first-order valence-corrected chi connectivity index (χ1v) is 13.3. The first-order chi connectivity index (χ1) is 20.8. The van der Waals surface area contributed by atoms with Crippen LogP contribution in [0.3, 0.4) is 0 Å². The minimum absolute atomic E-state index is 0.0453. The topological polar surface area (TPSA) is 18.5 Å². The normalized spacial score (nSPS) is 11.6. The van der Waals surface area contributed by atoms with Crippen molar-refractivity contribution in [3.05, 3.63) is 118 Å². The predicted molar refractivity (Wildman–Crippen MR) is 145 cm³/mol. The average Bonchev–Trinajstić information content (AvgIpc) is 2.94. The van der Waals surface area contributed by atoms with Crippen molar-refractivity contribution in [3.8, 4) is 34.5 Å². The van der Waals surface area contributed by atoms with Gasteiger partial charge in [0.1, 0.15) is 22.9 Å². The van der Waals surface area contributed by atoms with Gasteiger partial charge in [0.2, 0.25) is 5.75 Å². The summed E-state index contributed by atoms with van der Waals surface area (Å²) in [5, 5.41) is 0. The standard InChI is InChI=1S/C33H23F9O2/c1-2-3-4-5-20-6-8-21(9-7-20)10-11-22-12-14-23(15-13-22)24-16-26(34)30(27(35)17-24)32(38,39)43-25-18-28(36)31(29(37)19-25)44-33(40,41)42/h6-9,12-19H,2-5H2,1H3. The van der Waals surface area contributed by atoms with E-state index in [2.05, 4.69) is 28.2 Å². The molecule has 44 heavy (non-hydrogen) atoms. The summed E-state index contributed by atoms with van der Waals surface area (Å²) >= 11 is 0. The second kappa shape index (κ2) is 13.4. The van der Waals surface area contributed by atoms with Crippen LogP contribution in [0.5, 0.6) is 11.5 Å². The fourth-order valence-corrected chi connectivity index (χ4v) is 4.25. The van der Waals surface area contributed by atoms with Crippen molar-refractivity contribution in [2.24, 2.45) is 0 Å². The van der Waals surface area contributed by atoms with E-state index in [1.54, 1.807) is 12.1 Å². The lowest BCUT2D eigenvalue weighted by atomic mass is 10.0. The molecule has 0 bridgehead atoms. The van der Waals surface area contributed by atoms with Crippen molar-refractivity contribution in [2.45, 2.75) is 45.1 Å². The first kappa shape index (κ1) is 32.3. The third-order valence-electron chi connectivity index (χ3n) is 6.36. The molecule has 0 radical (unpaired) electrons. The second-order valence-corrected chi connectivity index (χ2v) is 9.68. The molecule has 0 unspecified atom stereocenters. The van der Waals surface area contributed by atoms with Crippen LogP contribution in [0.25, 0.3) is 11.1 Å². The van der Waals surface area contributed by atoms with Crippen LogP contribution in [-0.4, -0.2) is 6.36 Å². The SMILES string of the molecule is CCCCCc1ccc(C#Cc2ccc(-c3cc(F)c(C(F)(F)Oc4cc(F)c(OC(F)(F)F)c(F)c4)c(F)c3)cc2)cc1. The maximum atomic E-state index is 14.8. The summed E-state index contributed by atoms with van der Waals surface area (Å²) in [5.41, 5.74) is 0.890. The summed E-state index contributed by atoms with van der Waals surface area (Å²) in [7, 11) is 0. The minimum atomic E-state index is -5.48. The van der Waals surface area contributed by atoms with Crippen LogP contribution in [-0.2, 0) is 12.5 Å². The minimum Gasteiger partial charge on any atom is -0.429 e. The summed E-state index contributed by atoms with van der Waals surface area (Å²) in [6, 6.07) is 15.1. The van der Waals surface area contributed by atoms with Crippen molar-refractivity contribution < 1.29 is 49.0 Å². The number of halogens is 9. The molecule has 4 aromatic rings. The summed E-state index contributed by atoms with van der Waals surface area (Å²) in [6.45, 7) is 2.14. The van der Waals surface area contributed by atoms with E-state index in [-0.39, 0.29) is 23.3 Å². The van der Waals surface area contributed by atoms with E-state index in [9.17, 15) is 39.5 Å². The van der Waals surface area contributed by atoms with Gasteiger partial charge in [0, 0.05) is 23.3 Å². The Bertz CT molecular complexity index is 1620. The van der Waals surface area contributed by atoms with Gasteiger partial charge in [-0.15, -0.1) is 13.2 Å². The molecule has 4 aromatic carbocycles. The fourth-order valence-electron chi connectivity index (χ4n) is 4.25. The molecule has 0 spiro atoms. The zero-order valence-corrected chi connectivity index (χ0v) is 23.0. The third-order valence-corrected chi connectivity index (χ3v) is 6.36. The van der Waals surface area contributed by atoms with E-state index in [1.807, 2.05) is 24.3 Å². The smallest absolute Gasteiger partial charge is 0.429 e. The van der Waals surface area contributed by atoms with Crippen LogP contribution < -0.4 is 9.47 Å². The van der Waals surface area contributed by atoms with Gasteiger partial charge < -0.3 is 9.47 Å². The number of ether oxygens (including phenoxy) is 2. The number of hydrogen-bond acceptors (Lipinski definition) is 2. The van der Waals surface area contributed by atoms with Crippen LogP contribution in [0, 0.1) is 35.1 Å². The molecule has 0 aliphatic heterocycles. The third kappa shape index (κ3) is 8.28. The maximum Gasteiger partial charge on any atom is 0.573 e. The number of rotatable bonds is 9. The van der Waals surface area contributed by atoms with E-state index in [4.69, 9.17) is 0 Å². The van der Waals surface area contributed by atoms with Crippen molar-refractivity contribution in [1.29, 1.82) is 0 Å². The molecule has 0 saturated heterocycles. The monoisotopic (exact) mass is 622 g/mol. The molecule has 0 saturated carbocycles. The zero-order valence-electron chi connectivity index (χ0n) is 23.0. The Morgan fingerprint density at radius 2 is 1.14 bits per heavy atom. The van der Waals surface area contributed by atoms with Crippen molar-refractivity contribution >= 4 is 0 Å². The Balaban J connectivity index is 1.49. The van der Waals surface area contributed by atoms with Gasteiger partial charge in [0.25, 0.3) is 0 Å². The number of alkyl halides is 5. The van der Waals surface area contributed by atoms with Crippen molar-refractivity contribution in [2.75, 3.05) is 0 Å². The van der Waals surface area contributed by atoms with Crippen LogP contribution in [0.4, 0.5) is 39.5 Å². The Morgan fingerprint density at radius 3 is 1.64 bits per heavy atom. The Kier molecular flexibility index (Phi) is 9.82. The fraction of sp³-hybridized carbons (Fsp3) is 0.212. The molecular weight excluding hydrogens is 599 g/mol. The van der Waals surface area contributed by atoms with Gasteiger partial charge in [-0.3, -0.25) is 0 Å². The van der Waals surface area contributed by atoms with Crippen LogP contribution in [0.15, 0.2) is 72.8 Å². The zero-order chi connectivity index (χ0) is 32.1. The van der Waals surface area contributed by atoms with E-state index < -0.39 is 52.8 Å². The molecule has 0 heterocycles. The van der Waals surface area contributed by atoms with Crippen LogP contribution in [0.2, 0.25) is 0 Å². The summed E-state index contributed by atoms with van der Waals surface area (Å²) in [5.74, 6) is -4.82. The van der Waals surface area contributed by atoms with Gasteiger partial charge in [-0.1, -0.05) is 55.9 Å². The highest BCUT2D eigenvalue weighted by atomic mass is 19.4. The average molecular weight is 623 g/mol. The van der Waals surface area contributed by atoms with E-state index >= 15 is 0 Å². The van der Waals surface area contributed by atoms with E-state index in [0.717, 1.165) is 31.2 Å². The number of aryl methyl sites for hydroxylation is 1. The Morgan fingerprint density at radius 1 is 0.614 bits per heavy atom. The molecule has 0 aliphatic carbocycles. The largest absolute Gasteiger partial charge is 0.573 e. The second-order valence-electron chi connectivity index (χ2n) is 9.68. The maximum absolute atomic E-state index is 14.8. The van der Waals surface area contributed by atoms with Gasteiger partial charge in [0.15, 0.2) is 11.6 Å². The lowest BCUT2D eigenvalue weighted by Gasteiger charge is -2.20. The molecular formula is C33H23F9O2. The molecule has 230 valence electrons. The molecule has 11 heteroatoms. The van der Waals surface area contributed by atoms with Crippen LogP contribution >= 0.6 is 0 Å². The van der Waals surface area contributed by atoms with E-state index in [0.29, 0.717) is 17.7 Å². The van der Waals surface area contributed by atoms with Gasteiger partial charge in [-0.05, 0) is 65.9 Å². The van der Waals surface area contributed by atoms with Gasteiger partial charge in [0.05, 0.1) is 0 Å². The molecule has 0 N–H and O–H groups in total. The summed E-state index contributed by atoms with van der Waals surface area (Å²) in [4.78, 5) is 0. The van der Waals surface area contributed by atoms with Gasteiger partial charge in [-0.25, -0.2) is 17.6 Å². The Hall–Kier alpha value is -4.59. The highest BCUT2D eigenvalue weighted by Gasteiger charge is 2.42. The lowest BCUT2D eigenvalue weighted by Crippen LogP contribution is -2.25. The molecule has 0 amide bonds.